The van der Waals surface area contributed by atoms with Crippen molar-refractivity contribution in [3.8, 4) is 5.75 Å². The average Bonchev–Trinajstić information content (AvgIpc) is 3.40. The molecule has 144 valence electrons. The van der Waals surface area contributed by atoms with E-state index in [1.807, 2.05) is 34.9 Å². The molecule has 1 aromatic carbocycles. The normalized spacial score (nSPS) is 23.5. The van der Waals surface area contributed by atoms with Crippen molar-refractivity contribution >= 4 is 17.7 Å². The molecular formula is C20H26N4O2S. The summed E-state index contributed by atoms with van der Waals surface area (Å²) in [4.78, 5) is 12.4. The van der Waals surface area contributed by atoms with E-state index in [9.17, 15) is 4.79 Å². The van der Waals surface area contributed by atoms with E-state index in [0.29, 0.717) is 24.3 Å². The van der Waals surface area contributed by atoms with Crippen LogP contribution in [0.5, 0.6) is 5.75 Å². The number of para-hydroxylation sites is 1. The number of thioether (sulfide) groups is 1. The Balaban J connectivity index is 1.29. The molecule has 0 aliphatic heterocycles. The predicted molar refractivity (Wildman–Crippen MR) is 105 cm³/mol. The number of aromatic nitrogens is 3. The topological polar surface area (TPSA) is 69.0 Å². The summed E-state index contributed by atoms with van der Waals surface area (Å²) in [6, 6.07) is 10.1. The minimum atomic E-state index is 0.102. The number of carbonyl (C=O) groups is 1. The number of amides is 1. The lowest BCUT2D eigenvalue weighted by Crippen LogP contribution is -2.39. The molecule has 1 amide bonds. The van der Waals surface area contributed by atoms with Crippen LogP contribution in [0, 0.1) is 11.8 Å². The first kappa shape index (κ1) is 18.3. The number of fused-ring (bicyclic) bond motifs is 2. The predicted octanol–water partition coefficient (Wildman–Crippen LogP) is 3.27. The molecule has 2 aliphatic rings. The monoisotopic (exact) mass is 386 g/mol. The van der Waals surface area contributed by atoms with Gasteiger partial charge in [-0.1, -0.05) is 36.4 Å². The van der Waals surface area contributed by atoms with Crippen LogP contribution in [0.3, 0.4) is 0 Å². The number of nitrogens with one attached hydrogen (secondary N) is 1. The van der Waals surface area contributed by atoms with Crippen LogP contribution in [0.15, 0.2) is 35.5 Å². The fourth-order valence-electron chi connectivity index (χ4n) is 4.31. The summed E-state index contributed by atoms with van der Waals surface area (Å²) in [6.45, 7) is 3.16. The van der Waals surface area contributed by atoms with E-state index in [2.05, 4.69) is 22.4 Å². The van der Waals surface area contributed by atoms with E-state index in [1.165, 1.54) is 31.0 Å². The molecule has 4 rings (SSSR count). The minimum absolute atomic E-state index is 0.102. The van der Waals surface area contributed by atoms with Crippen LogP contribution in [0.4, 0.5) is 0 Å². The summed E-state index contributed by atoms with van der Waals surface area (Å²) in [5.41, 5.74) is 0. The van der Waals surface area contributed by atoms with Crippen molar-refractivity contribution in [1.82, 2.24) is 20.1 Å². The molecule has 27 heavy (non-hydrogen) atoms. The van der Waals surface area contributed by atoms with Gasteiger partial charge in [-0.05, 0) is 50.2 Å². The highest BCUT2D eigenvalue weighted by molar-refractivity contribution is 7.99. The molecule has 0 spiro atoms. The Kier molecular flexibility index (Phi) is 5.66. The molecule has 0 radical (unpaired) electrons. The zero-order valence-electron chi connectivity index (χ0n) is 15.6. The summed E-state index contributed by atoms with van der Waals surface area (Å²) < 4.78 is 7.79. The van der Waals surface area contributed by atoms with Crippen LogP contribution < -0.4 is 10.1 Å². The second kappa shape index (κ2) is 8.33. The molecule has 6 nitrogen and oxygen atoms in total. The SMILES string of the molecule is CCn1c(COc2ccccc2)nnc1SCC(=O)N[C@H]1C[C@H]2CC[C@H]1C2. The molecule has 1 N–H and O–H groups in total. The largest absolute Gasteiger partial charge is 0.486 e. The van der Waals surface area contributed by atoms with Gasteiger partial charge in [0.25, 0.3) is 0 Å². The molecular weight excluding hydrogens is 360 g/mol. The third kappa shape index (κ3) is 4.29. The summed E-state index contributed by atoms with van der Waals surface area (Å²) in [7, 11) is 0. The van der Waals surface area contributed by atoms with Gasteiger partial charge in [-0.3, -0.25) is 4.79 Å². The molecule has 1 aromatic heterocycles. The van der Waals surface area contributed by atoms with E-state index in [-0.39, 0.29) is 5.91 Å². The Bertz CT molecular complexity index is 780. The van der Waals surface area contributed by atoms with Crippen molar-refractivity contribution < 1.29 is 9.53 Å². The average molecular weight is 387 g/mol. The maximum atomic E-state index is 12.4. The van der Waals surface area contributed by atoms with Crippen LogP contribution in [-0.2, 0) is 17.9 Å². The Morgan fingerprint density at radius 2 is 2.11 bits per heavy atom. The number of carbonyl (C=O) groups excluding carboxylic acids is 1. The van der Waals surface area contributed by atoms with Crippen molar-refractivity contribution in [2.45, 2.75) is 57.0 Å². The second-order valence-corrected chi connectivity index (χ2v) is 8.32. The van der Waals surface area contributed by atoms with E-state index in [0.717, 1.165) is 35.6 Å². The number of benzene rings is 1. The van der Waals surface area contributed by atoms with Crippen molar-refractivity contribution in [3.05, 3.63) is 36.2 Å². The standard InChI is InChI=1S/C20H26N4O2S/c1-2-24-18(12-26-16-6-4-3-5-7-16)22-23-20(24)27-13-19(25)21-17-11-14-8-9-15(17)10-14/h3-7,14-15,17H,2,8-13H2,1H3,(H,21,25)/t14-,15-,17-/m0/s1. The number of hydrogen-bond donors (Lipinski definition) is 1. The highest BCUT2D eigenvalue weighted by Crippen LogP contribution is 2.44. The van der Waals surface area contributed by atoms with Gasteiger partial charge in [0.05, 0.1) is 5.75 Å². The lowest BCUT2D eigenvalue weighted by molar-refractivity contribution is -0.119. The van der Waals surface area contributed by atoms with Crippen LogP contribution >= 0.6 is 11.8 Å². The number of hydrogen-bond acceptors (Lipinski definition) is 5. The first-order valence-corrected chi connectivity index (χ1v) is 10.7. The molecule has 2 bridgehead atoms. The van der Waals surface area contributed by atoms with Crippen LogP contribution in [0.2, 0.25) is 0 Å². The van der Waals surface area contributed by atoms with Gasteiger partial charge in [-0.15, -0.1) is 10.2 Å². The third-order valence-electron chi connectivity index (χ3n) is 5.64. The molecule has 1 heterocycles. The second-order valence-electron chi connectivity index (χ2n) is 7.38. The molecule has 3 atom stereocenters. The van der Waals surface area contributed by atoms with Gasteiger partial charge in [-0.25, -0.2) is 0 Å². The van der Waals surface area contributed by atoms with Gasteiger partial charge in [0.2, 0.25) is 5.91 Å². The molecule has 2 aliphatic carbocycles. The third-order valence-corrected chi connectivity index (χ3v) is 6.60. The number of ether oxygens (including phenoxy) is 1. The molecule has 2 fully saturated rings. The van der Waals surface area contributed by atoms with Gasteiger partial charge >= 0.3 is 0 Å². The molecule has 7 heteroatoms. The summed E-state index contributed by atoms with van der Waals surface area (Å²) in [5, 5.41) is 12.5. The van der Waals surface area contributed by atoms with E-state index < -0.39 is 0 Å². The maximum absolute atomic E-state index is 12.4. The summed E-state index contributed by atoms with van der Waals surface area (Å²) in [6.07, 6.45) is 5.08. The summed E-state index contributed by atoms with van der Waals surface area (Å²) in [5.74, 6) is 3.60. The van der Waals surface area contributed by atoms with Crippen molar-refractivity contribution in [3.63, 3.8) is 0 Å². The molecule has 2 aromatic rings. The van der Waals surface area contributed by atoms with Crippen molar-refractivity contribution in [2.24, 2.45) is 11.8 Å². The lowest BCUT2D eigenvalue weighted by Gasteiger charge is -2.22. The van der Waals surface area contributed by atoms with E-state index in [4.69, 9.17) is 4.74 Å². The van der Waals surface area contributed by atoms with Gasteiger partial charge in [-0.2, -0.15) is 0 Å². The number of rotatable bonds is 8. The highest BCUT2D eigenvalue weighted by Gasteiger charge is 2.40. The van der Waals surface area contributed by atoms with Crippen molar-refractivity contribution in [2.75, 3.05) is 5.75 Å². The van der Waals surface area contributed by atoms with Gasteiger partial charge in [0.1, 0.15) is 12.4 Å². The fraction of sp³-hybridized carbons (Fsp3) is 0.550. The van der Waals surface area contributed by atoms with Gasteiger partial charge < -0.3 is 14.6 Å². The smallest absolute Gasteiger partial charge is 0.230 e. The zero-order valence-corrected chi connectivity index (χ0v) is 16.5. The van der Waals surface area contributed by atoms with Crippen molar-refractivity contribution in [1.29, 1.82) is 0 Å². The van der Waals surface area contributed by atoms with E-state index >= 15 is 0 Å². The zero-order chi connectivity index (χ0) is 18.6. The van der Waals surface area contributed by atoms with E-state index in [1.54, 1.807) is 0 Å². The summed E-state index contributed by atoms with van der Waals surface area (Å²) >= 11 is 1.45. The van der Waals surface area contributed by atoms with Gasteiger partial charge in [0, 0.05) is 12.6 Å². The van der Waals surface area contributed by atoms with Crippen LogP contribution in [0.1, 0.15) is 38.4 Å². The molecule has 0 unspecified atom stereocenters. The first-order chi connectivity index (χ1) is 13.2. The Hall–Kier alpha value is -2.02. The lowest BCUT2D eigenvalue weighted by atomic mass is 9.95. The minimum Gasteiger partial charge on any atom is -0.486 e. The molecule has 0 saturated heterocycles. The first-order valence-electron chi connectivity index (χ1n) is 9.75. The van der Waals surface area contributed by atoms with Crippen LogP contribution in [0.25, 0.3) is 0 Å². The fourth-order valence-corrected chi connectivity index (χ4v) is 5.15. The highest BCUT2D eigenvalue weighted by atomic mass is 32.2. The number of nitrogens with zero attached hydrogens (tertiary/aromatic N) is 3. The van der Waals surface area contributed by atoms with Gasteiger partial charge in [0.15, 0.2) is 11.0 Å². The molecule has 2 saturated carbocycles. The van der Waals surface area contributed by atoms with Crippen LogP contribution in [-0.4, -0.2) is 32.5 Å². The quantitative estimate of drug-likeness (QED) is 0.705. The Labute approximate surface area is 164 Å². The Morgan fingerprint density at radius 1 is 1.26 bits per heavy atom. The Morgan fingerprint density at radius 3 is 2.81 bits per heavy atom. The maximum Gasteiger partial charge on any atom is 0.230 e.